The molecule has 0 aromatic carbocycles. The second-order valence-electron chi connectivity index (χ2n) is 2.00. The molecule has 0 aliphatic heterocycles. The van der Waals surface area contributed by atoms with E-state index in [1.807, 2.05) is 0 Å². The summed E-state index contributed by atoms with van der Waals surface area (Å²) in [7, 11) is -4.50. The Morgan fingerprint density at radius 3 is 2.58 bits per heavy atom. The van der Waals surface area contributed by atoms with Crippen molar-refractivity contribution in [1.82, 2.24) is 0 Å². The van der Waals surface area contributed by atoms with Gasteiger partial charge in [0, 0.05) is 0 Å². The molecule has 0 heterocycles. The Morgan fingerprint density at radius 2 is 2.25 bits per heavy atom. The van der Waals surface area contributed by atoms with Gasteiger partial charge in [0.1, 0.15) is 0 Å². The summed E-state index contributed by atoms with van der Waals surface area (Å²) < 4.78 is 13.8. The molecule has 0 radical (unpaired) electrons. The van der Waals surface area contributed by atoms with E-state index in [-0.39, 0.29) is 52.8 Å². The van der Waals surface area contributed by atoms with Crippen LogP contribution in [0.4, 0.5) is 0 Å². The monoisotopic (exact) mass is 222 g/mol. The van der Waals surface area contributed by atoms with Crippen molar-refractivity contribution in [2.45, 2.75) is 19.4 Å². The summed E-state index contributed by atoms with van der Waals surface area (Å²) in [5.74, 6) is 0. The molecule has 0 aliphatic rings. The van der Waals surface area contributed by atoms with Crippen molar-refractivity contribution in [3.63, 3.8) is 0 Å². The Labute approximate surface area is 115 Å². The van der Waals surface area contributed by atoms with E-state index in [9.17, 15) is 4.57 Å². The molecule has 0 aliphatic carbocycles. The first-order valence-electron chi connectivity index (χ1n) is 2.97. The number of hydrogen-bond acceptors (Lipinski definition) is 3. The summed E-state index contributed by atoms with van der Waals surface area (Å²) in [6.45, 7) is 5.02. The number of phosphoric acid groups is 1. The molecular formula is C5H12KO5P. The van der Waals surface area contributed by atoms with Gasteiger partial charge in [-0.15, -0.1) is 11.3 Å². The average Bonchev–Trinajstić information content (AvgIpc) is 1.83. The third-order valence-corrected chi connectivity index (χ3v) is 1.08. The van der Waals surface area contributed by atoms with Crippen LogP contribution in [-0.4, -0.2) is 15.9 Å². The Hall–Kier alpha value is 1.45. The van der Waals surface area contributed by atoms with Gasteiger partial charge in [0.25, 0.3) is 0 Å². The van der Waals surface area contributed by atoms with Gasteiger partial charge >= 0.3 is 59.2 Å². The van der Waals surface area contributed by atoms with Crippen LogP contribution < -0.4 is 51.4 Å². The Bertz CT molecular complexity index is 172. The fraction of sp³-hybridized carbons (Fsp3) is 0.600. The van der Waals surface area contributed by atoms with Crippen LogP contribution in [0.2, 0.25) is 0 Å². The predicted molar refractivity (Wildman–Crippen MR) is 39.6 cm³/mol. The first-order chi connectivity index (χ1) is 4.95. The maximum absolute atomic E-state index is 10.1. The summed E-state index contributed by atoms with van der Waals surface area (Å²) in [6.07, 6.45) is 1.63. The van der Waals surface area contributed by atoms with E-state index in [1.54, 1.807) is 13.0 Å². The van der Waals surface area contributed by atoms with Gasteiger partial charge in [0.2, 0.25) is 0 Å². The van der Waals surface area contributed by atoms with Gasteiger partial charge < -0.3 is 11.2 Å². The van der Waals surface area contributed by atoms with E-state index in [0.717, 1.165) is 0 Å². The number of rotatable bonds is 5. The summed E-state index contributed by atoms with van der Waals surface area (Å²) in [5, 5.41) is 0. The molecule has 68 valence electrons. The van der Waals surface area contributed by atoms with E-state index >= 15 is 0 Å². The van der Waals surface area contributed by atoms with Gasteiger partial charge in [-0.1, -0.05) is 6.08 Å². The van der Waals surface area contributed by atoms with Crippen molar-refractivity contribution in [3.8, 4) is 0 Å². The summed E-state index contributed by atoms with van der Waals surface area (Å²) in [6, 6.07) is 0. The van der Waals surface area contributed by atoms with E-state index in [1.165, 1.54) is 0 Å². The Morgan fingerprint density at radius 1 is 1.75 bits per heavy atom. The molecule has 0 bridgehead atoms. The molecule has 0 fully saturated rings. The van der Waals surface area contributed by atoms with Gasteiger partial charge in [-0.05, 0) is 13.3 Å². The standard InChI is InChI=1S/C5H11O5P.K.H/c1-3-4-5(2)9-10-11(6,7)8;;/h3,5H,1,4H2,2H3,(H2,6,7,8);;/q;+1;-1. The smallest absolute Gasteiger partial charge is 1.00 e. The van der Waals surface area contributed by atoms with Crippen LogP contribution in [-0.2, 0) is 14.1 Å². The molecule has 12 heavy (non-hydrogen) atoms. The molecule has 0 aromatic rings. The maximum atomic E-state index is 10.1. The van der Waals surface area contributed by atoms with Crippen molar-refractivity contribution in [2.75, 3.05) is 0 Å². The molecule has 2 N–H and O–H groups in total. The van der Waals surface area contributed by atoms with Crippen LogP contribution in [0.15, 0.2) is 12.7 Å². The van der Waals surface area contributed by atoms with Gasteiger partial charge in [0.05, 0.1) is 6.10 Å². The third kappa shape index (κ3) is 11.4. The molecule has 0 spiro atoms. The van der Waals surface area contributed by atoms with Crippen LogP contribution in [0, 0.1) is 0 Å². The SMILES string of the molecule is C=CCC(C)OOP(=O)(O)O.[H-].[K+]. The molecular weight excluding hydrogens is 210 g/mol. The molecule has 0 saturated heterocycles. The quantitative estimate of drug-likeness (QED) is 0.187. The summed E-state index contributed by atoms with van der Waals surface area (Å²) in [4.78, 5) is 20.7. The van der Waals surface area contributed by atoms with E-state index in [2.05, 4.69) is 16.1 Å². The zero-order valence-corrected chi connectivity index (χ0v) is 11.2. The van der Waals surface area contributed by atoms with Gasteiger partial charge in [-0.2, -0.15) is 0 Å². The molecule has 5 nitrogen and oxygen atoms in total. The molecule has 0 rings (SSSR count). The molecule has 0 amide bonds. The van der Waals surface area contributed by atoms with E-state index in [4.69, 9.17) is 9.79 Å². The van der Waals surface area contributed by atoms with E-state index in [0.29, 0.717) is 6.42 Å². The van der Waals surface area contributed by atoms with Crippen molar-refractivity contribution in [1.29, 1.82) is 0 Å². The zero-order chi connectivity index (χ0) is 8.91. The van der Waals surface area contributed by atoms with Gasteiger partial charge in [0.15, 0.2) is 0 Å². The predicted octanol–water partition coefficient (Wildman–Crippen LogP) is -1.89. The largest absolute Gasteiger partial charge is 1.00 e. The number of hydrogen-bond donors (Lipinski definition) is 2. The minimum absolute atomic E-state index is 0. The minimum atomic E-state index is -4.50. The fourth-order valence-corrected chi connectivity index (χ4v) is 0.663. The third-order valence-electron chi connectivity index (χ3n) is 0.803. The maximum Gasteiger partial charge on any atom is 1.00 e. The van der Waals surface area contributed by atoms with Crippen LogP contribution in [0.25, 0.3) is 0 Å². The van der Waals surface area contributed by atoms with Crippen LogP contribution in [0.1, 0.15) is 14.8 Å². The topological polar surface area (TPSA) is 76.0 Å². The van der Waals surface area contributed by atoms with Crippen LogP contribution in [0.3, 0.4) is 0 Å². The second-order valence-corrected chi connectivity index (χ2v) is 3.13. The molecule has 0 aromatic heterocycles. The molecule has 7 heteroatoms. The molecule has 1 unspecified atom stereocenters. The summed E-state index contributed by atoms with van der Waals surface area (Å²) in [5.41, 5.74) is 0. The van der Waals surface area contributed by atoms with E-state index < -0.39 is 13.9 Å². The van der Waals surface area contributed by atoms with Crippen molar-refractivity contribution >= 4 is 7.82 Å². The first kappa shape index (κ1) is 15.9. The second kappa shape index (κ2) is 7.81. The molecule has 0 saturated carbocycles. The van der Waals surface area contributed by atoms with Gasteiger partial charge in [-0.25, -0.2) is 9.45 Å². The van der Waals surface area contributed by atoms with Crippen LogP contribution in [0.5, 0.6) is 0 Å². The summed E-state index contributed by atoms with van der Waals surface area (Å²) >= 11 is 0. The minimum Gasteiger partial charge on any atom is -1.00 e. The zero-order valence-electron chi connectivity index (χ0n) is 8.14. The molecule has 1 atom stereocenters. The Kier molecular flexibility index (Phi) is 10.4. The van der Waals surface area contributed by atoms with Crippen molar-refractivity contribution < 1.29 is 76.7 Å². The van der Waals surface area contributed by atoms with Crippen molar-refractivity contribution in [3.05, 3.63) is 12.7 Å². The normalized spacial score (nSPS) is 13.2. The first-order valence-corrected chi connectivity index (χ1v) is 4.50. The van der Waals surface area contributed by atoms with Gasteiger partial charge in [-0.3, -0.25) is 0 Å². The van der Waals surface area contributed by atoms with Crippen LogP contribution >= 0.6 is 7.82 Å². The Balaban J connectivity index is -0.000000500. The fourth-order valence-electron chi connectivity index (χ4n) is 0.404. The van der Waals surface area contributed by atoms with Crippen molar-refractivity contribution in [2.24, 2.45) is 0 Å². The average molecular weight is 222 g/mol.